The lowest BCUT2D eigenvalue weighted by atomic mass is 9.86. The zero-order valence-electron chi connectivity index (χ0n) is 23.0. The Morgan fingerprint density at radius 3 is 2.27 bits per heavy atom. The van der Waals surface area contributed by atoms with E-state index in [4.69, 9.17) is 9.47 Å². The van der Waals surface area contributed by atoms with Crippen LogP contribution in [0.5, 0.6) is 0 Å². The van der Waals surface area contributed by atoms with E-state index < -0.39 is 23.7 Å². The van der Waals surface area contributed by atoms with Crippen molar-refractivity contribution < 1.29 is 32.6 Å². The van der Waals surface area contributed by atoms with Gasteiger partial charge < -0.3 is 25.0 Å². The molecular weight excluding hydrogens is 536 g/mol. The molecule has 2 amide bonds. The van der Waals surface area contributed by atoms with Crippen molar-refractivity contribution in [1.82, 2.24) is 9.88 Å². The molecular formula is C29H29F2N5O5. The quantitative estimate of drug-likeness (QED) is 0.290. The van der Waals surface area contributed by atoms with Crippen molar-refractivity contribution in [2.75, 3.05) is 44.5 Å². The lowest BCUT2D eigenvalue weighted by Crippen LogP contribution is -2.53. The van der Waals surface area contributed by atoms with Crippen LogP contribution in [0.15, 0.2) is 53.5 Å². The maximum absolute atomic E-state index is 14.1. The van der Waals surface area contributed by atoms with Gasteiger partial charge in [-0.2, -0.15) is 0 Å². The Labute approximate surface area is 235 Å². The smallest absolute Gasteiger partial charge is 0.409 e. The molecule has 10 nitrogen and oxygen atoms in total. The Morgan fingerprint density at radius 1 is 1.05 bits per heavy atom. The third kappa shape index (κ3) is 6.65. The number of hydrogen-bond donors (Lipinski definition) is 2. The minimum atomic E-state index is -0.804. The van der Waals surface area contributed by atoms with Gasteiger partial charge in [0.1, 0.15) is 17.5 Å². The number of likely N-dealkylation sites (tertiary alicyclic amines) is 1. The van der Waals surface area contributed by atoms with Crippen LogP contribution in [0.2, 0.25) is 0 Å². The van der Waals surface area contributed by atoms with Crippen LogP contribution in [0.3, 0.4) is 0 Å². The van der Waals surface area contributed by atoms with E-state index >= 15 is 0 Å². The molecule has 2 heterocycles. The van der Waals surface area contributed by atoms with E-state index in [-0.39, 0.29) is 35.6 Å². The van der Waals surface area contributed by atoms with Crippen molar-refractivity contribution >= 4 is 40.9 Å². The maximum Gasteiger partial charge on any atom is 0.409 e. The van der Waals surface area contributed by atoms with Gasteiger partial charge in [-0.25, -0.2) is 23.4 Å². The number of amides is 2. The minimum Gasteiger partial charge on any atom is -0.461 e. The normalized spacial score (nSPS) is 13.3. The van der Waals surface area contributed by atoms with Gasteiger partial charge in [-0.05, 0) is 48.4 Å². The molecule has 12 heteroatoms. The van der Waals surface area contributed by atoms with Crippen molar-refractivity contribution in [3.8, 4) is 11.1 Å². The summed E-state index contributed by atoms with van der Waals surface area (Å²) in [4.78, 5) is 46.9. The Bertz CT molecular complexity index is 1480. The standard InChI is InChI=1S/C29H29F2N5O5/c1-5-41-28(38)24-13-23(17-6-8-21(9-7-17)33-16(2)37)25(26(32-3)18-14-36(15-18)29(39)40-4)27(35-24)34-22-11-19(30)10-20(31)12-22/h6-13,18H,5,14-15H2,1-4H3,(H,33,37)(H,34,35). The topological polar surface area (TPSA) is 122 Å². The SMILES string of the molecule is CCOC(=O)c1cc(-c2ccc(NC(C)=O)cc2)c(C(=NC)C2CN(C(=O)OC)C2)c(Nc2cc(F)cc(F)c2)n1. The molecule has 1 aliphatic rings. The van der Waals surface area contributed by atoms with E-state index in [1.54, 1.807) is 44.3 Å². The maximum atomic E-state index is 14.1. The second-order valence-corrected chi connectivity index (χ2v) is 9.22. The number of esters is 1. The minimum absolute atomic E-state index is 0.0452. The fourth-order valence-corrected chi connectivity index (χ4v) is 4.56. The number of benzene rings is 2. The number of anilines is 3. The Balaban J connectivity index is 1.91. The number of aromatic nitrogens is 1. The Hall–Kier alpha value is -4.87. The number of hydrogen-bond acceptors (Lipinski definition) is 8. The molecule has 0 saturated carbocycles. The molecule has 0 unspecified atom stereocenters. The van der Waals surface area contributed by atoms with Crippen LogP contribution >= 0.6 is 0 Å². The van der Waals surface area contributed by atoms with Crippen LogP contribution in [0.25, 0.3) is 11.1 Å². The first-order valence-corrected chi connectivity index (χ1v) is 12.8. The van der Waals surface area contributed by atoms with Crippen molar-refractivity contribution in [2.24, 2.45) is 10.9 Å². The highest BCUT2D eigenvalue weighted by molar-refractivity contribution is 6.13. The number of methoxy groups -OCH3 is 1. The molecule has 0 aliphatic carbocycles. The number of nitrogens with zero attached hydrogens (tertiary/aromatic N) is 3. The number of carbonyl (C=O) groups is 3. The van der Waals surface area contributed by atoms with Gasteiger partial charge in [0, 0.05) is 56.0 Å². The number of aliphatic imine (C=N–C) groups is 1. The van der Waals surface area contributed by atoms with E-state index in [0.29, 0.717) is 41.2 Å². The highest BCUT2D eigenvalue weighted by Gasteiger charge is 2.37. The summed E-state index contributed by atoms with van der Waals surface area (Å²) in [6, 6.07) is 11.4. The molecule has 1 fully saturated rings. The van der Waals surface area contributed by atoms with Gasteiger partial charge in [0.25, 0.3) is 0 Å². The zero-order valence-corrected chi connectivity index (χ0v) is 23.0. The monoisotopic (exact) mass is 565 g/mol. The van der Waals surface area contributed by atoms with E-state index in [1.807, 2.05) is 0 Å². The van der Waals surface area contributed by atoms with Gasteiger partial charge >= 0.3 is 12.1 Å². The second-order valence-electron chi connectivity index (χ2n) is 9.22. The van der Waals surface area contributed by atoms with Crippen molar-refractivity contribution in [2.45, 2.75) is 13.8 Å². The molecule has 1 aromatic heterocycles. The average Bonchev–Trinajstić information content (AvgIpc) is 2.89. The first-order chi connectivity index (χ1) is 19.6. The number of halogens is 2. The molecule has 0 radical (unpaired) electrons. The summed E-state index contributed by atoms with van der Waals surface area (Å²) in [5.74, 6) is -2.65. The largest absolute Gasteiger partial charge is 0.461 e. The second kappa shape index (κ2) is 12.5. The lowest BCUT2D eigenvalue weighted by Gasteiger charge is -2.39. The number of rotatable bonds is 8. The van der Waals surface area contributed by atoms with E-state index in [1.165, 1.54) is 18.9 Å². The van der Waals surface area contributed by atoms with Crippen LogP contribution in [0, 0.1) is 17.6 Å². The highest BCUT2D eigenvalue weighted by atomic mass is 19.1. The fourth-order valence-electron chi connectivity index (χ4n) is 4.56. The van der Waals surface area contributed by atoms with Gasteiger partial charge in [0.15, 0.2) is 5.69 Å². The fraction of sp³-hybridized carbons (Fsp3) is 0.276. The lowest BCUT2D eigenvalue weighted by molar-refractivity contribution is -0.114. The van der Waals surface area contributed by atoms with Gasteiger partial charge in [0.2, 0.25) is 5.91 Å². The molecule has 214 valence electrons. The van der Waals surface area contributed by atoms with Gasteiger partial charge in [-0.15, -0.1) is 0 Å². The molecule has 41 heavy (non-hydrogen) atoms. The van der Waals surface area contributed by atoms with Crippen LogP contribution in [0.4, 0.5) is 30.8 Å². The third-order valence-corrected chi connectivity index (χ3v) is 6.34. The summed E-state index contributed by atoms with van der Waals surface area (Å²) < 4.78 is 38.2. The summed E-state index contributed by atoms with van der Waals surface area (Å²) in [6.45, 7) is 3.79. The van der Waals surface area contributed by atoms with Crippen molar-refractivity contribution in [1.29, 1.82) is 0 Å². The predicted octanol–water partition coefficient (Wildman–Crippen LogP) is 5.02. The number of ether oxygens (including phenoxy) is 2. The molecule has 0 atom stereocenters. The van der Waals surface area contributed by atoms with Crippen LogP contribution in [-0.4, -0.2) is 67.4 Å². The number of nitrogens with one attached hydrogen (secondary N) is 2. The number of carbonyl (C=O) groups excluding carboxylic acids is 3. The van der Waals surface area contributed by atoms with Crippen molar-refractivity contribution in [3.63, 3.8) is 0 Å². The average molecular weight is 566 g/mol. The summed E-state index contributed by atoms with van der Waals surface area (Å²) in [5.41, 5.74) is 2.75. The zero-order chi connectivity index (χ0) is 29.7. The highest BCUT2D eigenvalue weighted by Crippen LogP contribution is 2.36. The molecule has 0 spiro atoms. The first kappa shape index (κ1) is 29.1. The summed E-state index contributed by atoms with van der Waals surface area (Å²) >= 11 is 0. The predicted molar refractivity (Wildman–Crippen MR) is 150 cm³/mol. The van der Waals surface area contributed by atoms with E-state index in [0.717, 1.165) is 18.2 Å². The molecule has 1 saturated heterocycles. The molecule has 2 N–H and O–H groups in total. The molecule has 0 bridgehead atoms. The van der Waals surface area contributed by atoms with Gasteiger partial charge in [0.05, 0.1) is 19.4 Å². The van der Waals surface area contributed by atoms with E-state index in [9.17, 15) is 23.2 Å². The van der Waals surface area contributed by atoms with Crippen LogP contribution in [-0.2, 0) is 14.3 Å². The van der Waals surface area contributed by atoms with Crippen LogP contribution in [0.1, 0.15) is 29.9 Å². The summed E-state index contributed by atoms with van der Waals surface area (Å²) in [6.07, 6.45) is -0.477. The summed E-state index contributed by atoms with van der Waals surface area (Å²) in [7, 11) is 2.88. The number of pyridine rings is 1. The van der Waals surface area contributed by atoms with Crippen LogP contribution < -0.4 is 10.6 Å². The Morgan fingerprint density at radius 2 is 1.71 bits per heavy atom. The molecule has 4 rings (SSSR count). The molecule has 3 aromatic rings. The summed E-state index contributed by atoms with van der Waals surface area (Å²) in [5, 5.41) is 5.67. The Kier molecular flexibility index (Phi) is 8.91. The van der Waals surface area contributed by atoms with E-state index in [2.05, 4.69) is 20.6 Å². The first-order valence-electron chi connectivity index (χ1n) is 12.8. The molecule has 2 aromatic carbocycles. The van der Waals surface area contributed by atoms with Crippen molar-refractivity contribution in [3.05, 3.63) is 71.4 Å². The molecule has 1 aliphatic heterocycles. The third-order valence-electron chi connectivity index (χ3n) is 6.34. The van der Waals surface area contributed by atoms with Gasteiger partial charge in [-0.1, -0.05) is 12.1 Å². The van der Waals surface area contributed by atoms with Gasteiger partial charge in [-0.3, -0.25) is 9.79 Å².